The summed E-state index contributed by atoms with van der Waals surface area (Å²) in [7, 11) is 1.79. The van der Waals surface area contributed by atoms with E-state index >= 15 is 0 Å². The van der Waals surface area contributed by atoms with E-state index in [1.54, 1.807) is 48.8 Å². The van der Waals surface area contributed by atoms with E-state index in [1.165, 1.54) is 0 Å². The molecule has 34 heavy (non-hydrogen) atoms. The number of hydrogen-bond acceptors (Lipinski definition) is 6. The second-order valence-corrected chi connectivity index (χ2v) is 10.1. The SMILES string of the molecule is C=CCN1CC[C@]23c4c5ccc(O)c4O[C@H]2C[C@H](N(C)C(=O)/C=C/c2ccoc2)C[C@@]3(O)[C@H]1C5. The molecule has 1 aromatic heterocycles. The van der Waals surface area contributed by atoms with Crippen LogP contribution in [0.2, 0.25) is 0 Å². The number of amides is 1. The lowest BCUT2D eigenvalue weighted by atomic mass is 9.48. The van der Waals surface area contributed by atoms with Crippen molar-refractivity contribution in [3.05, 3.63) is 66.1 Å². The van der Waals surface area contributed by atoms with Gasteiger partial charge in [-0.05, 0) is 49.6 Å². The molecule has 178 valence electrons. The van der Waals surface area contributed by atoms with Crippen molar-refractivity contribution >= 4 is 12.0 Å². The van der Waals surface area contributed by atoms with E-state index in [1.807, 2.05) is 12.1 Å². The number of phenols is 1. The molecule has 4 aliphatic rings. The highest BCUT2D eigenvalue weighted by atomic mass is 16.5. The minimum Gasteiger partial charge on any atom is -0.504 e. The van der Waals surface area contributed by atoms with Crippen molar-refractivity contribution in [1.82, 2.24) is 9.80 Å². The smallest absolute Gasteiger partial charge is 0.246 e. The second kappa shape index (κ2) is 7.48. The molecule has 1 saturated heterocycles. The summed E-state index contributed by atoms with van der Waals surface area (Å²) in [6, 6.07) is 5.17. The third-order valence-electron chi connectivity index (χ3n) is 8.70. The van der Waals surface area contributed by atoms with Crippen molar-refractivity contribution in [3.8, 4) is 11.5 Å². The number of phenolic OH excluding ortho intramolecular Hbond substituents is 1. The molecule has 0 unspecified atom stereocenters. The Morgan fingerprint density at radius 2 is 2.24 bits per heavy atom. The summed E-state index contributed by atoms with van der Waals surface area (Å²) in [4.78, 5) is 17.1. The molecule has 2 aromatic rings. The van der Waals surface area contributed by atoms with Gasteiger partial charge in [-0.2, -0.15) is 0 Å². The molecule has 1 aromatic carbocycles. The average molecular weight is 463 g/mol. The molecule has 5 atom stereocenters. The van der Waals surface area contributed by atoms with Crippen molar-refractivity contribution in [2.45, 2.75) is 54.9 Å². The van der Waals surface area contributed by atoms with Crippen molar-refractivity contribution in [2.75, 3.05) is 20.1 Å². The van der Waals surface area contributed by atoms with Crippen LogP contribution in [0, 0.1) is 0 Å². The number of likely N-dealkylation sites (tertiary alicyclic amines) is 1. The molecule has 0 radical (unpaired) electrons. The highest BCUT2D eigenvalue weighted by Crippen LogP contribution is 2.65. The van der Waals surface area contributed by atoms with Crippen LogP contribution in [0.25, 0.3) is 6.08 Å². The van der Waals surface area contributed by atoms with E-state index in [0.717, 1.165) is 29.7 Å². The molecule has 2 aliphatic carbocycles. The summed E-state index contributed by atoms with van der Waals surface area (Å²) in [5.74, 6) is 0.514. The molecule has 6 rings (SSSR count). The Morgan fingerprint density at radius 1 is 1.38 bits per heavy atom. The lowest BCUT2D eigenvalue weighted by Gasteiger charge is -2.64. The van der Waals surface area contributed by atoms with E-state index in [2.05, 4.69) is 11.5 Å². The van der Waals surface area contributed by atoms with Gasteiger partial charge in [0, 0.05) is 49.3 Å². The number of aromatic hydroxyl groups is 1. The van der Waals surface area contributed by atoms with Gasteiger partial charge in [-0.1, -0.05) is 12.1 Å². The monoisotopic (exact) mass is 462 g/mol. The Bertz CT molecular complexity index is 1170. The number of carbonyl (C=O) groups is 1. The van der Waals surface area contributed by atoms with Crippen molar-refractivity contribution < 1.29 is 24.2 Å². The van der Waals surface area contributed by atoms with Gasteiger partial charge in [0.15, 0.2) is 11.5 Å². The highest BCUT2D eigenvalue weighted by Gasteiger charge is 2.72. The first-order chi connectivity index (χ1) is 16.4. The number of carbonyl (C=O) groups excluding carboxylic acids is 1. The molecular weight excluding hydrogens is 432 g/mol. The quantitative estimate of drug-likeness (QED) is 0.525. The van der Waals surface area contributed by atoms with Crippen LogP contribution in [0.5, 0.6) is 11.5 Å². The second-order valence-electron chi connectivity index (χ2n) is 10.1. The summed E-state index contributed by atoms with van der Waals surface area (Å²) in [6.45, 7) is 5.46. The molecule has 3 heterocycles. The molecule has 7 heteroatoms. The number of hydrogen-bond donors (Lipinski definition) is 2. The summed E-state index contributed by atoms with van der Waals surface area (Å²) in [5.41, 5.74) is 1.29. The summed E-state index contributed by atoms with van der Waals surface area (Å²) in [5, 5.41) is 23.2. The maximum atomic E-state index is 13.0. The minimum atomic E-state index is -1.09. The maximum Gasteiger partial charge on any atom is 0.246 e. The fraction of sp³-hybridized carbons (Fsp3) is 0.444. The van der Waals surface area contributed by atoms with Crippen LogP contribution >= 0.6 is 0 Å². The normalized spacial score (nSPS) is 33.4. The Kier molecular flexibility index (Phi) is 4.73. The van der Waals surface area contributed by atoms with Crippen LogP contribution in [-0.4, -0.2) is 69.8 Å². The van der Waals surface area contributed by atoms with Gasteiger partial charge in [0.2, 0.25) is 5.91 Å². The zero-order valence-electron chi connectivity index (χ0n) is 19.3. The highest BCUT2D eigenvalue weighted by molar-refractivity contribution is 5.91. The van der Waals surface area contributed by atoms with Gasteiger partial charge in [-0.15, -0.1) is 6.58 Å². The van der Waals surface area contributed by atoms with Crippen molar-refractivity contribution in [3.63, 3.8) is 0 Å². The topological polar surface area (TPSA) is 86.4 Å². The van der Waals surface area contributed by atoms with E-state index in [-0.39, 0.29) is 29.8 Å². The molecule has 2 N–H and O–H groups in total. The van der Waals surface area contributed by atoms with Gasteiger partial charge < -0.3 is 24.3 Å². The largest absolute Gasteiger partial charge is 0.504 e. The number of benzene rings is 1. The third kappa shape index (κ3) is 2.74. The lowest BCUT2D eigenvalue weighted by Crippen LogP contribution is -2.77. The Labute approximate surface area is 198 Å². The van der Waals surface area contributed by atoms with E-state index < -0.39 is 11.0 Å². The summed E-state index contributed by atoms with van der Waals surface area (Å²) >= 11 is 0. The summed E-state index contributed by atoms with van der Waals surface area (Å²) in [6.07, 6.45) is 10.5. The van der Waals surface area contributed by atoms with E-state index in [4.69, 9.17) is 9.15 Å². The maximum absolute atomic E-state index is 13.0. The molecule has 2 bridgehead atoms. The van der Waals surface area contributed by atoms with Gasteiger partial charge in [-0.25, -0.2) is 0 Å². The zero-order chi connectivity index (χ0) is 23.7. The van der Waals surface area contributed by atoms with Crippen LogP contribution in [0.3, 0.4) is 0 Å². The molecule has 1 amide bonds. The van der Waals surface area contributed by atoms with Gasteiger partial charge >= 0.3 is 0 Å². The Hall–Kier alpha value is -3.03. The molecule has 2 fully saturated rings. The number of aliphatic hydroxyl groups is 1. The summed E-state index contributed by atoms with van der Waals surface area (Å²) < 4.78 is 11.5. The van der Waals surface area contributed by atoms with Crippen LogP contribution in [0.4, 0.5) is 0 Å². The van der Waals surface area contributed by atoms with E-state index in [9.17, 15) is 15.0 Å². The Balaban J connectivity index is 1.39. The van der Waals surface area contributed by atoms with Crippen molar-refractivity contribution in [1.29, 1.82) is 0 Å². The van der Waals surface area contributed by atoms with Crippen molar-refractivity contribution in [2.24, 2.45) is 0 Å². The molecular formula is C27H30N2O5. The molecule has 7 nitrogen and oxygen atoms in total. The standard InChI is InChI=1S/C27H30N2O5/c1-3-10-29-11-9-26-22-14-19(28(2)23(31)7-4-17-8-12-33-16-17)15-27(26,32)21(29)13-18-5-6-20(30)25(34-22)24(18)26/h3-8,12,16,19,21-22,30,32H,1,9-11,13-15H2,2H3/b7-4+/t19-,21+,22-,26+,27+/m0/s1. The van der Waals surface area contributed by atoms with Crippen LogP contribution in [0.15, 0.2) is 53.9 Å². The first-order valence-electron chi connectivity index (χ1n) is 12.0. The first-order valence-corrected chi connectivity index (χ1v) is 12.0. The fourth-order valence-electron chi connectivity index (χ4n) is 7.15. The number of nitrogens with zero attached hydrogens (tertiary/aromatic N) is 2. The molecule has 1 spiro atoms. The number of likely N-dealkylation sites (N-methyl/N-ethyl adjacent to an activating group) is 1. The van der Waals surface area contributed by atoms with Crippen LogP contribution in [-0.2, 0) is 16.6 Å². The average Bonchev–Trinajstić information content (AvgIpc) is 3.45. The first kappa shape index (κ1) is 21.5. The Morgan fingerprint density at radius 3 is 3.00 bits per heavy atom. The zero-order valence-corrected chi connectivity index (χ0v) is 19.3. The third-order valence-corrected chi connectivity index (χ3v) is 8.70. The van der Waals surface area contributed by atoms with E-state index in [0.29, 0.717) is 31.6 Å². The van der Waals surface area contributed by atoms with Gasteiger partial charge in [0.05, 0.1) is 23.5 Å². The number of furan rings is 1. The lowest BCUT2D eigenvalue weighted by molar-refractivity contribution is -0.196. The number of ether oxygens (including phenoxy) is 1. The van der Waals surface area contributed by atoms with Gasteiger partial charge in [0.1, 0.15) is 6.10 Å². The van der Waals surface area contributed by atoms with Crippen LogP contribution in [0.1, 0.15) is 36.0 Å². The number of piperidine rings is 1. The van der Waals surface area contributed by atoms with Crippen LogP contribution < -0.4 is 4.74 Å². The minimum absolute atomic E-state index is 0.110. The molecule has 1 saturated carbocycles. The van der Waals surface area contributed by atoms with Gasteiger partial charge in [0.25, 0.3) is 0 Å². The number of rotatable bonds is 5. The molecule has 2 aliphatic heterocycles. The fourth-order valence-corrected chi connectivity index (χ4v) is 7.15. The predicted molar refractivity (Wildman–Crippen MR) is 127 cm³/mol. The van der Waals surface area contributed by atoms with Gasteiger partial charge in [-0.3, -0.25) is 9.69 Å². The predicted octanol–water partition coefficient (Wildman–Crippen LogP) is 2.87.